The van der Waals surface area contributed by atoms with Crippen LogP contribution in [0.3, 0.4) is 0 Å². The van der Waals surface area contributed by atoms with E-state index in [1.807, 2.05) is 6.07 Å². The number of hydrogen-bond acceptors (Lipinski definition) is 3. The summed E-state index contributed by atoms with van der Waals surface area (Å²) in [6, 6.07) is 7.98. The van der Waals surface area contributed by atoms with Gasteiger partial charge in [-0.25, -0.2) is 0 Å². The maximum absolute atomic E-state index is 8.95. The molecule has 0 unspecified atom stereocenters. The van der Waals surface area contributed by atoms with Crippen LogP contribution in [0, 0.1) is 17.2 Å². The second-order valence-corrected chi connectivity index (χ2v) is 6.33. The molecule has 1 aliphatic rings. The van der Waals surface area contributed by atoms with Gasteiger partial charge in [0.25, 0.3) is 0 Å². The van der Waals surface area contributed by atoms with Gasteiger partial charge in [-0.3, -0.25) is 0 Å². The van der Waals surface area contributed by atoms with E-state index < -0.39 is 0 Å². The Morgan fingerprint density at radius 2 is 2.10 bits per heavy atom. The third-order valence-corrected chi connectivity index (χ3v) is 4.00. The molecule has 0 saturated carbocycles. The fraction of sp³-hybridized carbons (Fsp3) is 0.562. The van der Waals surface area contributed by atoms with Crippen LogP contribution in [0.25, 0.3) is 0 Å². The first-order valence-electron chi connectivity index (χ1n) is 7.27. The molecule has 1 fully saturated rings. The summed E-state index contributed by atoms with van der Waals surface area (Å²) in [7, 11) is 0. The van der Waals surface area contributed by atoms with E-state index in [-0.39, 0.29) is 0 Å². The maximum atomic E-state index is 8.95. The molecule has 0 radical (unpaired) electrons. The normalized spacial score (nSPS) is 17.1. The second-order valence-electron chi connectivity index (χ2n) is 5.92. The predicted molar refractivity (Wildman–Crippen MR) is 84.1 cm³/mol. The molecule has 1 heterocycles. The van der Waals surface area contributed by atoms with Crippen LogP contribution >= 0.6 is 11.6 Å². The molecule has 1 N–H and O–H groups in total. The zero-order valence-corrected chi connectivity index (χ0v) is 13.0. The largest absolute Gasteiger partial charge is 0.381 e. The molecule has 4 heteroatoms. The number of piperidine rings is 1. The lowest BCUT2D eigenvalue weighted by Gasteiger charge is -2.33. The Balaban J connectivity index is 1.91. The lowest BCUT2D eigenvalue weighted by molar-refractivity contribution is 0.198. The molecule has 0 spiro atoms. The summed E-state index contributed by atoms with van der Waals surface area (Å²) in [5.74, 6) is 0.723. The molecular weight excluding hydrogens is 270 g/mol. The van der Waals surface area contributed by atoms with Gasteiger partial charge in [0.2, 0.25) is 0 Å². The van der Waals surface area contributed by atoms with Crippen molar-refractivity contribution < 1.29 is 0 Å². The number of nitriles is 1. The Morgan fingerprint density at radius 1 is 1.40 bits per heavy atom. The smallest absolute Gasteiger partial charge is 0.0992 e. The molecule has 2 rings (SSSR count). The summed E-state index contributed by atoms with van der Waals surface area (Å²) >= 11 is 6.19. The minimum absolute atomic E-state index is 0.449. The van der Waals surface area contributed by atoms with Crippen LogP contribution in [0.15, 0.2) is 18.2 Å². The average Bonchev–Trinajstić information content (AvgIpc) is 2.43. The van der Waals surface area contributed by atoms with Crippen LogP contribution in [0.4, 0.5) is 5.69 Å². The number of anilines is 1. The van der Waals surface area contributed by atoms with Gasteiger partial charge in [-0.2, -0.15) is 5.26 Å². The van der Waals surface area contributed by atoms with Gasteiger partial charge in [-0.15, -0.1) is 0 Å². The van der Waals surface area contributed by atoms with E-state index in [1.165, 1.54) is 6.54 Å². The first-order chi connectivity index (χ1) is 9.58. The lowest BCUT2D eigenvalue weighted by atomic mass is 10.0. The highest BCUT2D eigenvalue weighted by Gasteiger charge is 2.20. The third-order valence-electron chi connectivity index (χ3n) is 3.67. The molecule has 0 bridgehead atoms. The fourth-order valence-electron chi connectivity index (χ4n) is 2.70. The number of halogens is 1. The zero-order valence-electron chi connectivity index (χ0n) is 12.2. The van der Waals surface area contributed by atoms with Gasteiger partial charge in [-0.05, 0) is 37.0 Å². The summed E-state index contributed by atoms with van der Waals surface area (Å²) in [6.45, 7) is 7.96. The highest BCUT2D eigenvalue weighted by Crippen LogP contribution is 2.25. The van der Waals surface area contributed by atoms with Crippen molar-refractivity contribution in [3.05, 3.63) is 28.8 Å². The van der Waals surface area contributed by atoms with E-state index in [1.54, 1.807) is 12.1 Å². The number of likely N-dealkylation sites (tertiary alicyclic amines) is 1. The highest BCUT2D eigenvalue weighted by atomic mass is 35.5. The zero-order chi connectivity index (χ0) is 14.5. The molecule has 0 amide bonds. The molecule has 1 aromatic rings. The SMILES string of the molecule is CC(C)CN1CCC(Nc2cc(C#N)ccc2Cl)CC1. The van der Waals surface area contributed by atoms with Crippen molar-refractivity contribution in [2.75, 3.05) is 25.0 Å². The number of benzene rings is 1. The summed E-state index contributed by atoms with van der Waals surface area (Å²) in [5.41, 5.74) is 1.53. The molecule has 3 nitrogen and oxygen atoms in total. The van der Waals surface area contributed by atoms with Crippen LogP contribution in [-0.4, -0.2) is 30.6 Å². The number of hydrogen-bond donors (Lipinski definition) is 1. The van der Waals surface area contributed by atoms with E-state index >= 15 is 0 Å². The lowest BCUT2D eigenvalue weighted by Crippen LogP contribution is -2.40. The summed E-state index contributed by atoms with van der Waals surface area (Å²) in [5, 5.41) is 13.1. The molecule has 0 aromatic heterocycles. The first-order valence-corrected chi connectivity index (χ1v) is 7.65. The molecule has 1 aromatic carbocycles. The van der Waals surface area contributed by atoms with Crippen molar-refractivity contribution >= 4 is 17.3 Å². The number of rotatable bonds is 4. The average molecular weight is 292 g/mol. The van der Waals surface area contributed by atoms with Gasteiger partial charge < -0.3 is 10.2 Å². The fourth-order valence-corrected chi connectivity index (χ4v) is 2.87. The summed E-state index contributed by atoms with van der Waals surface area (Å²) in [6.07, 6.45) is 2.25. The minimum atomic E-state index is 0.449. The van der Waals surface area contributed by atoms with Gasteiger partial charge in [0.1, 0.15) is 0 Å². The van der Waals surface area contributed by atoms with Crippen LogP contribution in [0.1, 0.15) is 32.3 Å². The maximum Gasteiger partial charge on any atom is 0.0992 e. The van der Waals surface area contributed by atoms with Crippen molar-refractivity contribution in [3.63, 3.8) is 0 Å². The van der Waals surface area contributed by atoms with Crippen molar-refractivity contribution in [2.24, 2.45) is 5.92 Å². The van der Waals surface area contributed by atoms with Gasteiger partial charge in [0, 0.05) is 25.7 Å². The Hall–Kier alpha value is -1.24. The Morgan fingerprint density at radius 3 is 2.70 bits per heavy atom. The van der Waals surface area contributed by atoms with Crippen LogP contribution < -0.4 is 5.32 Å². The van der Waals surface area contributed by atoms with E-state index in [4.69, 9.17) is 16.9 Å². The Labute approximate surface area is 126 Å². The van der Waals surface area contributed by atoms with Crippen LogP contribution in [0.5, 0.6) is 0 Å². The number of nitrogens with one attached hydrogen (secondary N) is 1. The standard InChI is InChI=1S/C16H22ClN3/c1-12(2)11-20-7-5-14(6-8-20)19-16-9-13(10-18)3-4-15(16)17/h3-4,9,12,14,19H,5-8,11H2,1-2H3. The van der Waals surface area contributed by atoms with Gasteiger partial charge >= 0.3 is 0 Å². The quantitative estimate of drug-likeness (QED) is 0.918. The topological polar surface area (TPSA) is 39.1 Å². The van der Waals surface area contributed by atoms with Crippen LogP contribution in [-0.2, 0) is 0 Å². The minimum Gasteiger partial charge on any atom is -0.381 e. The Bertz CT molecular complexity index is 485. The van der Waals surface area contributed by atoms with Crippen molar-refractivity contribution in [3.8, 4) is 6.07 Å². The van der Waals surface area contributed by atoms with E-state index in [0.717, 1.165) is 37.5 Å². The monoisotopic (exact) mass is 291 g/mol. The Kier molecular flexibility index (Phi) is 5.28. The highest BCUT2D eigenvalue weighted by molar-refractivity contribution is 6.33. The summed E-state index contributed by atoms with van der Waals surface area (Å²) < 4.78 is 0. The van der Waals surface area contributed by atoms with E-state index in [0.29, 0.717) is 16.6 Å². The molecule has 108 valence electrons. The number of nitrogens with zero attached hydrogens (tertiary/aromatic N) is 2. The molecule has 1 saturated heterocycles. The van der Waals surface area contributed by atoms with Crippen LogP contribution in [0.2, 0.25) is 5.02 Å². The first kappa shape index (κ1) is 15.2. The molecular formula is C16H22ClN3. The van der Waals surface area contributed by atoms with Crippen molar-refractivity contribution in [1.82, 2.24) is 4.90 Å². The molecule has 1 aliphatic heterocycles. The predicted octanol–water partition coefficient (Wildman–Crippen LogP) is 3.74. The van der Waals surface area contributed by atoms with Gasteiger partial charge in [0.05, 0.1) is 22.3 Å². The van der Waals surface area contributed by atoms with Gasteiger partial charge in [0.15, 0.2) is 0 Å². The third kappa shape index (κ3) is 4.13. The molecule has 20 heavy (non-hydrogen) atoms. The van der Waals surface area contributed by atoms with E-state index in [9.17, 15) is 0 Å². The second kappa shape index (κ2) is 6.97. The van der Waals surface area contributed by atoms with Crippen molar-refractivity contribution in [2.45, 2.75) is 32.7 Å². The molecule has 0 atom stereocenters. The summed E-state index contributed by atoms with van der Waals surface area (Å²) in [4.78, 5) is 2.52. The van der Waals surface area contributed by atoms with Gasteiger partial charge in [-0.1, -0.05) is 25.4 Å². The van der Waals surface area contributed by atoms with E-state index in [2.05, 4.69) is 30.1 Å². The molecule has 0 aliphatic carbocycles. The van der Waals surface area contributed by atoms with Crippen molar-refractivity contribution in [1.29, 1.82) is 5.26 Å².